The van der Waals surface area contributed by atoms with E-state index in [1.807, 2.05) is 11.4 Å². The van der Waals surface area contributed by atoms with Crippen molar-refractivity contribution in [2.45, 2.75) is 6.54 Å². The zero-order chi connectivity index (χ0) is 15.0. The van der Waals surface area contributed by atoms with Crippen LogP contribution in [0.25, 0.3) is 10.9 Å². The number of hydrogen-bond donors (Lipinski definition) is 0. The van der Waals surface area contributed by atoms with E-state index in [1.54, 1.807) is 0 Å². The SMILES string of the molecule is O=c1c2cc([N+](=O)[O-])ccc2ncn1Cc1csc(Br)c1. The van der Waals surface area contributed by atoms with Crippen LogP contribution in [0.4, 0.5) is 5.69 Å². The maximum absolute atomic E-state index is 12.4. The van der Waals surface area contributed by atoms with Crippen LogP contribution in [0, 0.1) is 10.1 Å². The van der Waals surface area contributed by atoms with Gasteiger partial charge in [0.05, 0.1) is 32.5 Å². The number of halogens is 1. The van der Waals surface area contributed by atoms with Crippen LogP contribution < -0.4 is 5.56 Å². The van der Waals surface area contributed by atoms with Crippen molar-refractivity contribution in [3.05, 3.63) is 65.8 Å². The molecule has 0 aliphatic heterocycles. The molecular weight excluding hydrogens is 358 g/mol. The Labute approximate surface area is 131 Å². The molecule has 2 heterocycles. The van der Waals surface area contributed by atoms with Crippen molar-refractivity contribution < 1.29 is 4.92 Å². The van der Waals surface area contributed by atoms with Crippen molar-refractivity contribution in [1.29, 1.82) is 0 Å². The minimum absolute atomic E-state index is 0.113. The van der Waals surface area contributed by atoms with Crippen molar-refractivity contribution in [3.8, 4) is 0 Å². The second-order valence-electron chi connectivity index (χ2n) is 4.40. The van der Waals surface area contributed by atoms with E-state index in [1.165, 1.54) is 40.4 Å². The first-order valence-corrected chi connectivity index (χ1v) is 7.58. The minimum atomic E-state index is -0.522. The van der Waals surface area contributed by atoms with E-state index in [4.69, 9.17) is 0 Å². The van der Waals surface area contributed by atoms with Gasteiger partial charge in [-0.2, -0.15) is 0 Å². The maximum atomic E-state index is 12.4. The average Bonchev–Trinajstić information content (AvgIpc) is 2.87. The van der Waals surface area contributed by atoms with E-state index in [-0.39, 0.29) is 16.6 Å². The monoisotopic (exact) mass is 365 g/mol. The van der Waals surface area contributed by atoms with Crippen molar-refractivity contribution in [2.75, 3.05) is 0 Å². The minimum Gasteiger partial charge on any atom is -0.294 e. The Morgan fingerprint density at radius 3 is 2.86 bits per heavy atom. The van der Waals surface area contributed by atoms with Gasteiger partial charge in [-0.1, -0.05) is 0 Å². The lowest BCUT2D eigenvalue weighted by molar-refractivity contribution is -0.384. The third-order valence-corrected chi connectivity index (χ3v) is 4.55. The molecule has 0 amide bonds. The van der Waals surface area contributed by atoms with Crippen molar-refractivity contribution >= 4 is 43.9 Å². The number of thiophene rings is 1. The molecule has 0 atom stereocenters. The number of non-ortho nitro benzene ring substituents is 1. The van der Waals surface area contributed by atoms with Crippen LogP contribution >= 0.6 is 27.3 Å². The van der Waals surface area contributed by atoms with Crippen molar-refractivity contribution in [1.82, 2.24) is 9.55 Å². The number of nitro groups is 1. The number of fused-ring (bicyclic) bond motifs is 1. The molecule has 0 N–H and O–H groups in total. The van der Waals surface area contributed by atoms with Gasteiger partial charge >= 0.3 is 0 Å². The Bertz CT molecular complexity index is 903. The molecule has 21 heavy (non-hydrogen) atoms. The van der Waals surface area contributed by atoms with Crippen LogP contribution in [0.15, 0.2) is 44.6 Å². The average molecular weight is 366 g/mol. The van der Waals surface area contributed by atoms with E-state index in [2.05, 4.69) is 20.9 Å². The van der Waals surface area contributed by atoms with Gasteiger partial charge in [-0.15, -0.1) is 11.3 Å². The molecule has 0 saturated carbocycles. The quantitative estimate of drug-likeness (QED) is 0.527. The first kappa shape index (κ1) is 13.9. The van der Waals surface area contributed by atoms with Crippen LogP contribution in [0.1, 0.15) is 5.56 Å². The van der Waals surface area contributed by atoms with E-state index < -0.39 is 4.92 Å². The van der Waals surface area contributed by atoms with Gasteiger partial charge in [0, 0.05) is 12.1 Å². The summed E-state index contributed by atoms with van der Waals surface area (Å²) in [5.41, 5.74) is 1.03. The first-order valence-electron chi connectivity index (χ1n) is 5.91. The molecule has 0 aliphatic rings. The molecule has 8 heteroatoms. The smallest absolute Gasteiger partial charge is 0.270 e. The van der Waals surface area contributed by atoms with Gasteiger partial charge in [0.2, 0.25) is 0 Å². The van der Waals surface area contributed by atoms with E-state index in [9.17, 15) is 14.9 Å². The van der Waals surface area contributed by atoms with Crippen molar-refractivity contribution in [2.24, 2.45) is 0 Å². The maximum Gasteiger partial charge on any atom is 0.270 e. The van der Waals surface area contributed by atoms with Crippen LogP contribution in [-0.4, -0.2) is 14.5 Å². The first-order chi connectivity index (χ1) is 10.0. The highest BCUT2D eigenvalue weighted by molar-refractivity contribution is 9.11. The van der Waals surface area contributed by atoms with Crippen LogP contribution in [0.2, 0.25) is 0 Å². The molecule has 0 fully saturated rings. The van der Waals surface area contributed by atoms with Gasteiger partial charge in [0.25, 0.3) is 11.2 Å². The van der Waals surface area contributed by atoms with Crippen LogP contribution in [0.5, 0.6) is 0 Å². The molecule has 0 saturated heterocycles. The molecule has 2 aromatic heterocycles. The number of benzene rings is 1. The summed E-state index contributed by atoms with van der Waals surface area (Å²) >= 11 is 4.90. The predicted molar refractivity (Wildman–Crippen MR) is 83.8 cm³/mol. The second-order valence-corrected chi connectivity index (χ2v) is 6.69. The fraction of sp³-hybridized carbons (Fsp3) is 0.0769. The number of nitrogens with zero attached hydrogens (tertiary/aromatic N) is 3. The topological polar surface area (TPSA) is 78.0 Å². The zero-order valence-electron chi connectivity index (χ0n) is 10.5. The number of nitro benzene ring substituents is 1. The summed E-state index contributed by atoms with van der Waals surface area (Å²) in [4.78, 5) is 26.9. The normalized spacial score (nSPS) is 10.9. The molecule has 3 rings (SSSR count). The van der Waals surface area contributed by atoms with E-state index >= 15 is 0 Å². The predicted octanol–water partition coefficient (Wildman–Crippen LogP) is 3.18. The van der Waals surface area contributed by atoms with E-state index in [0.717, 1.165) is 9.35 Å². The second kappa shape index (κ2) is 5.38. The standard InChI is InChI=1S/C13H8BrN3O3S/c14-12-3-8(6-21-12)5-16-7-15-11-2-1-9(17(19)20)4-10(11)13(16)18/h1-4,6-7H,5H2. The Morgan fingerprint density at radius 1 is 1.38 bits per heavy atom. The zero-order valence-corrected chi connectivity index (χ0v) is 12.9. The summed E-state index contributed by atoms with van der Waals surface area (Å²) in [6.45, 7) is 0.382. The summed E-state index contributed by atoms with van der Waals surface area (Å²) in [6.07, 6.45) is 1.46. The lowest BCUT2D eigenvalue weighted by Crippen LogP contribution is -2.21. The Kier molecular flexibility index (Phi) is 3.56. The highest BCUT2D eigenvalue weighted by atomic mass is 79.9. The van der Waals surface area contributed by atoms with Crippen molar-refractivity contribution in [3.63, 3.8) is 0 Å². The Hall–Kier alpha value is -2.06. The molecule has 0 bridgehead atoms. The molecule has 0 radical (unpaired) electrons. The number of hydrogen-bond acceptors (Lipinski definition) is 5. The summed E-state index contributed by atoms with van der Waals surface area (Å²) in [6, 6.07) is 6.02. The molecule has 0 unspecified atom stereocenters. The third-order valence-electron chi connectivity index (χ3n) is 2.99. The van der Waals surface area contributed by atoms with Crippen LogP contribution in [0.3, 0.4) is 0 Å². The summed E-state index contributed by atoms with van der Waals surface area (Å²) in [7, 11) is 0. The van der Waals surface area contributed by atoms with Gasteiger partial charge in [-0.25, -0.2) is 4.98 Å². The molecular formula is C13H8BrN3O3S. The largest absolute Gasteiger partial charge is 0.294 e. The Morgan fingerprint density at radius 2 is 2.19 bits per heavy atom. The van der Waals surface area contributed by atoms with Gasteiger partial charge in [0.15, 0.2) is 0 Å². The van der Waals surface area contributed by atoms with Gasteiger partial charge < -0.3 is 0 Å². The number of aromatic nitrogens is 2. The molecule has 1 aromatic carbocycles. The highest BCUT2D eigenvalue weighted by Gasteiger charge is 2.11. The molecule has 0 spiro atoms. The van der Waals surface area contributed by atoms with Crippen LogP contribution in [-0.2, 0) is 6.54 Å². The molecule has 106 valence electrons. The Balaban J connectivity index is 2.10. The lowest BCUT2D eigenvalue weighted by atomic mass is 10.2. The molecule has 3 aromatic rings. The third kappa shape index (κ3) is 2.72. The van der Waals surface area contributed by atoms with Gasteiger partial charge in [-0.3, -0.25) is 19.5 Å². The molecule has 6 nitrogen and oxygen atoms in total. The summed E-state index contributed by atoms with van der Waals surface area (Å²) in [5.74, 6) is 0. The number of rotatable bonds is 3. The summed E-state index contributed by atoms with van der Waals surface area (Å²) < 4.78 is 2.43. The fourth-order valence-electron chi connectivity index (χ4n) is 2.00. The summed E-state index contributed by atoms with van der Waals surface area (Å²) in [5, 5.41) is 13.0. The van der Waals surface area contributed by atoms with Gasteiger partial charge in [-0.05, 0) is 39.0 Å². The molecule has 0 aliphatic carbocycles. The highest BCUT2D eigenvalue weighted by Crippen LogP contribution is 2.21. The fourth-order valence-corrected chi connectivity index (χ4v) is 3.20. The van der Waals surface area contributed by atoms with E-state index in [0.29, 0.717) is 12.1 Å². The van der Waals surface area contributed by atoms with Gasteiger partial charge in [0.1, 0.15) is 0 Å². The lowest BCUT2D eigenvalue weighted by Gasteiger charge is -2.05.